The molecule has 2 amide bonds. The third-order valence-electron chi connectivity index (χ3n) is 3.93. The lowest BCUT2D eigenvalue weighted by molar-refractivity contribution is -0.128. The molecule has 0 radical (unpaired) electrons. The van der Waals surface area contributed by atoms with Gasteiger partial charge in [-0.05, 0) is 71.7 Å². The number of benzene rings is 1. The lowest BCUT2D eigenvalue weighted by atomic mass is 10.1. The van der Waals surface area contributed by atoms with E-state index in [2.05, 4.69) is 4.98 Å². The normalized spacial score (nSPS) is 11.8. The fraction of sp³-hybridized carbons (Fsp3) is 0.500. The van der Waals surface area contributed by atoms with E-state index < -0.39 is 29.4 Å². The molecule has 0 atom stereocenters. The maximum absolute atomic E-state index is 12.3. The van der Waals surface area contributed by atoms with E-state index in [1.807, 2.05) is 0 Å². The van der Waals surface area contributed by atoms with E-state index in [9.17, 15) is 14.4 Å². The van der Waals surface area contributed by atoms with Gasteiger partial charge in [0.15, 0.2) is 0 Å². The van der Waals surface area contributed by atoms with Gasteiger partial charge in [0, 0.05) is 30.6 Å². The van der Waals surface area contributed by atoms with Crippen LogP contribution < -0.4 is 4.74 Å². The number of aromatic amines is 1. The van der Waals surface area contributed by atoms with Gasteiger partial charge in [0.25, 0.3) is 0 Å². The van der Waals surface area contributed by atoms with Gasteiger partial charge in [-0.25, -0.2) is 14.5 Å². The number of nitrogens with one attached hydrogen (secondary N) is 1. The summed E-state index contributed by atoms with van der Waals surface area (Å²) in [6, 6.07) is 5.17. The molecule has 0 aliphatic heterocycles. The Kier molecular flexibility index (Phi) is 6.80. The van der Waals surface area contributed by atoms with Crippen molar-refractivity contribution in [2.45, 2.75) is 66.1 Å². The van der Waals surface area contributed by atoms with Gasteiger partial charge in [0.2, 0.25) is 5.91 Å². The van der Waals surface area contributed by atoms with Crippen molar-refractivity contribution >= 4 is 29.1 Å². The average Bonchev–Trinajstić information content (AvgIpc) is 2.93. The van der Waals surface area contributed by atoms with Crippen LogP contribution in [0.15, 0.2) is 24.4 Å². The van der Waals surface area contributed by atoms with Crippen LogP contribution in [0.5, 0.6) is 5.75 Å². The molecule has 0 saturated carbocycles. The zero-order valence-corrected chi connectivity index (χ0v) is 18.6. The maximum Gasteiger partial charge on any atom is 0.514 e. The Morgan fingerprint density at radius 2 is 1.63 bits per heavy atom. The molecule has 1 aromatic carbocycles. The molecule has 0 spiro atoms. The minimum absolute atomic E-state index is 0.161. The molecule has 1 aromatic heterocycles. The Morgan fingerprint density at radius 1 is 1.00 bits per heavy atom. The van der Waals surface area contributed by atoms with Gasteiger partial charge < -0.3 is 19.2 Å². The van der Waals surface area contributed by atoms with Crippen molar-refractivity contribution in [2.75, 3.05) is 6.54 Å². The Balaban J connectivity index is 2.14. The first-order chi connectivity index (χ1) is 13.7. The third kappa shape index (κ3) is 6.79. The van der Waals surface area contributed by atoms with Crippen LogP contribution in [-0.2, 0) is 20.7 Å². The van der Waals surface area contributed by atoms with Crippen molar-refractivity contribution in [2.24, 2.45) is 0 Å². The minimum Gasteiger partial charge on any atom is -0.443 e. The smallest absolute Gasteiger partial charge is 0.443 e. The number of hydrogen-bond acceptors (Lipinski definition) is 6. The highest BCUT2D eigenvalue weighted by atomic mass is 16.7. The second-order valence-corrected chi connectivity index (χ2v) is 8.99. The van der Waals surface area contributed by atoms with E-state index in [1.165, 1.54) is 6.92 Å². The summed E-state index contributed by atoms with van der Waals surface area (Å²) in [5, 5.41) is 0.823. The van der Waals surface area contributed by atoms with Crippen molar-refractivity contribution in [3.05, 3.63) is 30.0 Å². The molecule has 30 heavy (non-hydrogen) atoms. The number of rotatable bonds is 4. The van der Waals surface area contributed by atoms with Crippen molar-refractivity contribution in [1.82, 2.24) is 9.88 Å². The Hall–Kier alpha value is -3.03. The second kappa shape index (κ2) is 8.77. The Labute approximate surface area is 176 Å². The van der Waals surface area contributed by atoms with E-state index in [0.717, 1.165) is 21.4 Å². The minimum atomic E-state index is -0.786. The van der Waals surface area contributed by atoms with Crippen molar-refractivity contribution < 1.29 is 28.6 Å². The predicted octanol–water partition coefficient (Wildman–Crippen LogP) is 4.81. The Morgan fingerprint density at radius 3 is 2.20 bits per heavy atom. The molecule has 1 N–H and O–H groups in total. The molecular weight excluding hydrogens is 388 g/mol. The quantitative estimate of drug-likeness (QED) is 0.565. The van der Waals surface area contributed by atoms with Crippen LogP contribution in [0.1, 0.15) is 54.0 Å². The second-order valence-electron chi connectivity index (χ2n) is 8.99. The van der Waals surface area contributed by atoms with Crippen LogP contribution in [0.25, 0.3) is 10.9 Å². The largest absolute Gasteiger partial charge is 0.514 e. The summed E-state index contributed by atoms with van der Waals surface area (Å²) >= 11 is 0. The van der Waals surface area contributed by atoms with Gasteiger partial charge in [0.1, 0.15) is 17.0 Å². The van der Waals surface area contributed by atoms with Gasteiger partial charge >= 0.3 is 12.2 Å². The number of imide groups is 1. The Bertz CT molecular complexity index is 933. The van der Waals surface area contributed by atoms with E-state index in [1.54, 1.807) is 65.9 Å². The number of nitrogens with zero attached hydrogens (tertiary/aromatic N) is 1. The molecule has 0 fully saturated rings. The highest BCUT2D eigenvalue weighted by Gasteiger charge is 2.25. The number of amides is 2. The number of fused-ring (bicyclic) bond motifs is 1. The lowest BCUT2D eigenvalue weighted by Crippen LogP contribution is -2.40. The van der Waals surface area contributed by atoms with Crippen LogP contribution in [0.3, 0.4) is 0 Å². The summed E-state index contributed by atoms with van der Waals surface area (Å²) < 4.78 is 15.7. The fourth-order valence-electron chi connectivity index (χ4n) is 2.72. The first-order valence-corrected chi connectivity index (χ1v) is 9.77. The zero-order valence-electron chi connectivity index (χ0n) is 18.6. The summed E-state index contributed by atoms with van der Waals surface area (Å²) in [5.41, 5.74) is 0.361. The monoisotopic (exact) mass is 418 g/mol. The molecule has 0 aliphatic rings. The summed E-state index contributed by atoms with van der Waals surface area (Å²) in [7, 11) is 0. The lowest BCUT2D eigenvalue weighted by Gasteiger charge is -2.25. The standard InChI is InChI=1S/C22H30N2O6/c1-14(25)24(19(26)29-21(2,3)4)11-10-15-13-23-18-9-8-16(12-17(15)18)28-20(27)30-22(5,6)7/h8-9,12-13,23H,10-11H2,1-7H3. The molecule has 0 unspecified atom stereocenters. The number of aromatic nitrogens is 1. The van der Waals surface area contributed by atoms with Crippen LogP contribution in [0, 0.1) is 0 Å². The summed E-state index contributed by atoms with van der Waals surface area (Å²) in [5.74, 6) is -0.0498. The number of ether oxygens (including phenoxy) is 3. The summed E-state index contributed by atoms with van der Waals surface area (Å²) in [4.78, 5) is 40.4. The number of carbonyl (C=O) groups is 3. The number of hydrogen-bond donors (Lipinski definition) is 1. The summed E-state index contributed by atoms with van der Waals surface area (Å²) in [6.07, 6.45) is 0.750. The molecule has 8 nitrogen and oxygen atoms in total. The van der Waals surface area contributed by atoms with Crippen molar-refractivity contribution in [1.29, 1.82) is 0 Å². The third-order valence-corrected chi connectivity index (χ3v) is 3.93. The fourth-order valence-corrected chi connectivity index (χ4v) is 2.72. The molecule has 2 aromatic rings. The molecular formula is C22H30N2O6. The highest BCUT2D eigenvalue weighted by Crippen LogP contribution is 2.25. The number of H-pyrrole nitrogens is 1. The zero-order chi connectivity index (χ0) is 22.7. The van der Waals surface area contributed by atoms with Gasteiger partial charge in [-0.1, -0.05) is 0 Å². The van der Waals surface area contributed by atoms with Gasteiger partial charge in [-0.15, -0.1) is 0 Å². The molecule has 1 heterocycles. The van der Waals surface area contributed by atoms with E-state index in [0.29, 0.717) is 12.2 Å². The van der Waals surface area contributed by atoms with E-state index in [-0.39, 0.29) is 6.54 Å². The first kappa shape index (κ1) is 23.3. The van der Waals surface area contributed by atoms with Crippen LogP contribution >= 0.6 is 0 Å². The summed E-state index contributed by atoms with van der Waals surface area (Å²) in [6.45, 7) is 12.0. The van der Waals surface area contributed by atoms with Crippen molar-refractivity contribution in [3.8, 4) is 5.75 Å². The topological polar surface area (TPSA) is 97.9 Å². The average molecular weight is 418 g/mol. The van der Waals surface area contributed by atoms with Gasteiger partial charge in [-0.2, -0.15) is 0 Å². The van der Waals surface area contributed by atoms with Crippen LogP contribution in [-0.4, -0.2) is 45.8 Å². The molecule has 2 rings (SSSR count). The van der Waals surface area contributed by atoms with Crippen molar-refractivity contribution in [3.63, 3.8) is 0 Å². The van der Waals surface area contributed by atoms with E-state index >= 15 is 0 Å². The first-order valence-electron chi connectivity index (χ1n) is 9.77. The molecule has 0 aliphatic carbocycles. The number of carbonyl (C=O) groups excluding carboxylic acids is 3. The van der Waals surface area contributed by atoms with Crippen LogP contribution in [0.4, 0.5) is 9.59 Å². The predicted molar refractivity (Wildman–Crippen MR) is 112 cm³/mol. The molecule has 0 saturated heterocycles. The van der Waals surface area contributed by atoms with E-state index in [4.69, 9.17) is 14.2 Å². The maximum atomic E-state index is 12.3. The molecule has 164 valence electrons. The van der Waals surface area contributed by atoms with Gasteiger partial charge in [0.05, 0.1) is 0 Å². The van der Waals surface area contributed by atoms with Gasteiger partial charge in [-0.3, -0.25) is 4.79 Å². The van der Waals surface area contributed by atoms with Crippen LogP contribution in [0.2, 0.25) is 0 Å². The molecule has 8 heteroatoms. The molecule has 0 bridgehead atoms. The highest BCUT2D eigenvalue weighted by molar-refractivity contribution is 5.91. The SMILES string of the molecule is CC(=O)N(CCc1c[nH]c2ccc(OC(=O)OC(C)(C)C)cc12)C(=O)OC(C)(C)C.